The molecule has 1 aromatic heterocycles. The van der Waals surface area contributed by atoms with Crippen molar-refractivity contribution in [1.29, 1.82) is 0 Å². The van der Waals surface area contributed by atoms with Crippen molar-refractivity contribution < 1.29 is 9.53 Å². The lowest BCUT2D eigenvalue weighted by atomic mass is 10.1. The van der Waals surface area contributed by atoms with E-state index in [1.807, 2.05) is 6.92 Å². The number of methoxy groups -OCH3 is 1. The van der Waals surface area contributed by atoms with Gasteiger partial charge in [0.15, 0.2) is 0 Å². The Bertz CT molecular complexity index is 376. The van der Waals surface area contributed by atoms with Crippen molar-refractivity contribution in [2.45, 2.75) is 19.9 Å². The Morgan fingerprint density at radius 1 is 1.71 bits per heavy atom. The smallest absolute Gasteiger partial charge is 0.220 e. The number of aromatic nitrogens is 2. The van der Waals surface area contributed by atoms with Crippen LogP contribution in [0, 0.1) is 5.92 Å². The lowest BCUT2D eigenvalue weighted by Gasteiger charge is -2.07. The molecule has 0 spiro atoms. The number of amides is 1. The van der Waals surface area contributed by atoms with Crippen LogP contribution >= 0.6 is 0 Å². The summed E-state index contributed by atoms with van der Waals surface area (Å²) >= 11 is 0. The van der Waals surface area contributed by atoms with Gasteiger partial charge in [-0.2, -0.15) is 5.10 Å². The average Bonchev–Trinajstić information content (AvgIpc) is 2.67. The van der Waals surface area contributed by atoms with Gasteiger partial charge in [0, 0.05) is 19.5 Å². The first-order valence-corrected chi connectivity index (χ1v) is 5.60. The van der Waals surface area contributed by atoms with Crippen LogP contribution in [0.1, 0.15) is 19.0 Å². The van der Waals surface area contributed by atoms with Crippen LogP contribution in [0.25, 0.3) is 0 Å². The first kappa shape index (κ1) is 13.5. The van der Waals surface area contributed by atoms with Gasteiger partial charge in [-0.3, -0.25) is 4.79 Å². The molecular weight excluding hydrogens is 220 g/mol. The number of nitrogens with two attached hydrogens (primary N) is 1. The van der Waals surface area contributed by atoms with Crippen LogP contribution in [0.5, 0.6) is 5.88 Å². The Balaban J connectivity index is 2.42. The summed E-state index contributed by atoms with van der Waals surface area (Å²) in [5.74, 6) is 0.866. The molecule has 1 amide bonds. The van der Waals surface area contributed by atoms with Crippen molar-refractivity contribution in [3.05, 3.63) is 11.8 Å². The summed E-state index contributed by atoms with van der Waals surface area (Å²) in [5, 5.41) is 7.01. The van der Waals surface area contributed by atoms with Crippen molar-refractivity contribution in [3.8, 4) is 5.88 Å². The van der Waals surface area contributed by atoms with Crippen LogP contribution < -0.4 is 15.8 Å². The largest absolute Gasteiger partial charge is 0.481 e. The Hall–Kier alpha value is -1.56. The molecule has 1 rings (SSSR count). The van der Waals surface area contributed by atoms with E-state index in [2.05, 4.69) is 10.4 Å². The predicted octanol–water partition coefficient (Wildman–Crippen LogP) is 0.0298. The first-order valence-electron chi connectivity index (χ1n) is 5.60. The zero-order chi connectivity index (χ0) is 12.8. The number of hydrogen-bond acceptors (Lipinski definition) is 4. The third kappa shape index (κ3) is 4.07. The Kier molecular flexibility index (Phi) is 4.96. The van der Waals surface area contributed by atoms with E-state index in [-0.39, 0.29) is 11.8 Å². The quantitative estimate of drug-likeness (QED) is 0.735. The second-order valence-corrected chi connectivity index (χ2v) is 4.12. The molecule has 0 aliphatic heterocycles. The standard InChI is InChI=1S/C11H20N4O2/c1-8(6-12)4-10(16)13-7-9-5-11(17-3)15(2)14-9/h5,8H,4,6-7,12H2,1-3H3,(H,13,16). The predicted molar refractivity (Wildman–Crippen MR) is 64.4 cm³/mol. The summed E-state index contributed by atoms with van der Waals surface area (Å²) < 4.78 is 6.71. The molecule has 3 N–H and O–H groups in total. The lowest BCUT2D eigenvalue weighted by Crippen LogP contribution is -2.26. The van der Waals surface area contributed by atoms with E-state index in [0.717, 1.165) is 5.69 Å². The van der Waals surface area contributed by atoms with Crippen LogP contribution in [-0.2, 0) is 18.4 Å². The van der Waals surface area contributed by atoms with Gasteiger partial charge >= 0.3 is 0 Å². The molecule has 96 valence electrons. The van der Waals surface area contributed by atoms with Gasteiger partial charge in [-0.15, -0.1) is 0 Å². The summed E-state index contributed by atoms with van der Waals surface area (Å²) in [4.78, 5) is 11.5. The molecule has 0 saturated heterocycles. The van der Waals surface area contributed by atoms with E-state index in [0.29, 0.717) is 25.4 Å². The second kappa shape index (κ2) is 6.24. The summed E-state index contributed by atoms with van der Waals surface area (Å²) in [6.07, 6.45) is 0.445. The molecule has 0 saturated carbocycles. The third-order valence-electron chi connectivity index (χ3n) is 2.50. The number of aryl methyl sites for hydroxylation is 1. The van der Waals surface area contributed by atoms with Gasteiger partial charge in [-0.05, 0) is 12.5 Å². The highest BCUT2D eigenvalue weighted by molar-refractivity contribution is 5.76. The highest BCUT2D eigenvalue weighted by Crippen LogP contribution is 2.10. The maximum Gasteiger partial charge on any atom is 0.220 e. The van der Waals surface area contributed by atoms with E-state index in [1.165, 1.54) is 0 Å². The lowest BCUT2D eigenvalue weighted by molar-refractivity contribution is -0.122. The minimum atomic E-state index is -0.00688. The van der Waals surface area contributed by atoms with Crippen LogP contribution in [0.15, 0.2) is 6.07 Å². The SMILES string of the molecule is COc1cc(CNC(=O)CC(C)CN)nn1C. The van der Waals surface area contributed by atoms with Crippen LogP contribution in [-0.4, -0.2) is 29.3 Å². The molecule has 6 nitrogen and oxygen atoms in total. The molecule has 0 radical (unpaired) electrons. The molecule has 0 aliphatic rings. The third-order valence-corrected chi connectivity index (χ3v) is 2.50. The number of rotatable bonds is 6. The van der Waals surface area contributed by atoms with Crippen LogP contribution in [0.4, 0.5) is 0 Å². The number of carbonyl (C=O) groups excluding carboxylic acids is 1. The zero-order valence-corrected chi connectivity index (χ0v) is 10.6. The molecular formula is C11H20N4O2. The van der Waals surface area contributed by atoms with Gasteiger partial charge in [-0.25, -0.2) is 4.68 Å². The highest BCUT2D eigenvalue weighted by Gasteiger charge is 2.09. The number of nitrogens with one attached hydrogen (secondary N) is 1. The van der Waals surface area contributed by atoms with E-state index < -0.39 is 0 Å². The molecule has 0 fully saturated rings. The minimum Gasteiger partial charge on any atom is -0.481 e. The van der Waals surface area contributed by atoms with Gasteiger partial charge < -0.3 is 15.8 Å². The van der Waals surface area contributed by atoms with E-state index >= 15 is 0 Å². The van der Waals surface area contributed by atoms with Gasteiger partial charge in [0.05, 0.1) is 19.3 Å². The minimum absolute atomic E-state index is 0.00688. The van der Waals surface area contributed by atoms with Crippen molar-refractivity contribution in [3.63, 3.8) is 0 Å². The van der Waals surface area contributed by atoms with Crippen molar-refractivity contribution >= 4 is 5.91 Å². The monoisotopic (exact) mass is 240 g/mol. The molecule has 1 atom stereocenters. The topological polar surface area (TPSA) is 82.2 Å². The van der Waals surface area contributed by atoms with Gasteiger partial charge in [0.25, 0.3) is 0 Å². The molecule has 17 heavy (non-hydrogen) atoms. The number of nitrogens with zero attached hydrogens (tertiary/aromatic N) is 2. The molecule has 0 aliphatic carbocycles. The van der Waals surface area contributed by atoms with Crippen molar-refractivity contribution in [2.75, 3.05) is 13.7 Å². The Labute approximate surface area is 101 Å². The number of carbonyl (C=O) groups is 1. The fraction of sp³-hybridized carbons (Fsp3) is 0.636. The Morgan fingerprint density at radius 2 is 2.41 bits per heavy atom. The first-order chi connectivity index (χ1) is 8.06. The summed E-state index contributed by atoms with van der Waals surface area (Å²) in [6, 6.07) is 1.80. The van der Waals surface area contributed by atoms with E-state index in [9.17, 15) is 4.79 Å². The number of ether oxygens (including phenoxy) is 1. The van der Waals surface area contributed by atoms with Gasteiger partial charge in [0.1, 0.15) is 0 Å². The Morgan fingerprint density at radius 3 is 2.94 bits per heavy atom. The van der Waals surface area contributed by atoms with Crippen LogP contribution in [0.3, 0.4) is 0 Å². The highest BCUT2D eigenvalue weighted by atomic mass is 16.5. The van der Waals surface area contributed by atoms with Crippen molar-refractivity contribution in [2.24, 2.45) is 18.7 Å². The second-order valence-electron chi connectivity index (χ2n) is 4.12. The molecule has 0 aromatic carbocycles. The van der Waals surface area contributed by atoms with Gasteiger partial charge in [-0.1, -0.05) is 6.92 Å². The van der Waals surface area contributed by atoms with Gasteiger partial charge in [0.2, 0.25) is 11.8 Å². The molecule has 1 aromatic rings. The fourth-order valence-electron chi connectivity index (χ4n) is 1.45. The average molecular weight is 240 g/mol. The summed E-state index contributed by atoms with van der Waals surface area (Å²) in [6.45, 7) is 2.88. The maximum atomic E-state index is 11.5. The molecule has 1 unspecified atom stereocenters. The fourth-order valence-corrected chi connectivity index (χ4v) is 1.45. The van der Waals surface area contributed by atoms with E-state index in [4.69, 9.17) is 10.5 Å². The maximum absolute atomic E-state index is 11.5. The summed E-state index contributed by atoms with van der Waals surface area (Å²) in [7, 11) is 3.38. The molecule has 6 heteroatoms. The number of hydrogen-bond donors (Lipinski definition) is 2. The molecule has 0 bridgehead atoms. The van der Waals surface area contributed by atoms with Crippen LogP contribution in [0.2, 0.25) is 0 Å². The summed E-state index contributed by atoms with van der Waals surface area (Å²) in [5.41, 5.74) is 6.23. The normalized spacial score (nSPS) is 12.2. The molecule has 1 heterocycles. The zero-order valence-electron chi connectivity index (χ0n) is 10.6. The van der Waals surface area contributed by atoms with Crippen molar-refractivity contribution in [1.82, 2.24) is 15.1 Å². The van der Waals surface area contributed by atoms with E-state index in [1.54, 1.807) is 24.9 Å².